The number of Topliss-reactive ketones (excluding diaryl/α,β-unsaturated/α-hetero) is 1. The number of likely N-dealkylation sites (tertiary alicyclic amines) is 1. The molecule has 0 bridgehead atoms. The topological polar surface area (TPSA) is 20.3 Å². The summed E-state index contributed by atoms with van der Waals surface area (Å²) in [5.41, 5.74) is 0.627. The third-order valence-electron chi connectivity index (χ3n) is 5.04. The van der Waals surface area contributed by atoms with E-state index in [9.17, 15) is 4.79 Å². The van der Waals surface area contributed by atoms with Gasteiger partial charge in [0.1, 0.15) is 0 Å². The minimum Gasteiger partial charge on any atom is -0.297 e. The molecule has 2 nitrogen and oxygen atoms in total. The standard InChI is InChI=1S/C17H21Cl2NO/c18-14-7-5-6-13(16(14)19)12-15(21)17(8-1-2-9-17)20-10-3-4-11-20/h5-7H,1-4,8-12H2. The van der Waals surface area contributed by atoms with Crippen molar-refractivity contribution < 1.29 is 4.79 Å². The highest BCUT2D eigenvalue weighted by Gasteiger charge is 2.46. The Hall–Kier alpha value is -0.570. The van der Waals surface area contributed by atoms with Crippen LogP contribution in [0.4, 0.5) is 0 Å². The fraction of sp³-hybridized carbons (Fsp3) is 0.588. The average molecular weight is 326 g/mol. The van der Waals surface area contributed by atoms with Crippen LogP contribution in [-0.2, 0) is 11.2 Å². The fourth-order valence-electron chi connectivity index (χ4n) is 3.90. The number of halogens is 2. The molecular formula is C17H21Cl2NO. The van der Waals surface area contributed by atoms with Crippen molar-refractivity contribution in [1.82, 2.24) is 4.90 Å². The van der Waals surface area contributed by atoms with Crippen LogP contribution in [0.2, 0.25) is 10.0 Å². The molecule has 114 valence electrons. The summed E-state index contributed by atoms with van der Waals surface area (Å²) < 4.78 is 0. The molecule has 21 heavy (non-hydrogen) atoms. The van der Waals surface area contributed by atoms with Crippen molar-refractivity contribution in [2.75, 3.05) is 13.1 Å². The lowest BCUT2D eigenvalue weighted by molar-refractivity contribution is -0.129. The van der Waals surface area contributed by atoms with Crippen LogP contribution in [0.1, 0.15) is 44.1 Å². The van der Waals surface area contributed by atoms with E-state index in [1.54, 1.807) is 6.07 Å². The highest BCUT2D eigenvalue weighted by Crippen LogP contribution is 2.39. The summed E-state index contributed by atoms with van der Waals surface area (Å²) in [6.07, 6.45) is 7.15. The molecule has 0 amide bonds. The van der Waals surface area contributed by atoms with E-state index in [1.807, 2.05) is 12.1 Å². The second kappa shape index (κ2) is 6.28. The minimum atomic E-state index is -0.234. The Bertz CT molecular complexity index is 532. The number of carbonyl (C=O) groups is 1. The predicted octanol–water partition coefficient (Wildman–Crippen LogP) is 4.51. The molecule has 2 fully saturated rings. The first-order chi connectivity index (χ1) is 10.1. The van der Waals surface area contributed by atoms with E-state index in [0.29, 0.717) is 22.2 Å². The minimum absolute atomic E-state index is 0.234. The van der Waals surface area contributed by atoms with Gasteiger partial charge in [-0.25, -0.2) is 0 Å². The van der Waals surface area contributed by atoms with Gasteiger partial charge in [0.2, 0.25) is 0 Å². The molecular weight excluding hydrogens is 305 g/mol. The maximum Gasteiger partial charge on any atom is 0.157 e. The molecule has 0 radical (unpaired) electrons. The SMILES string of the molecule is O=C(Cc1cccc(Cl)c1Cl)C1(N2CCCC2)CCCC1. The summed E-state index contributed by atoms with van der Waals surface area (Å²) in [5, 5.41) is 1.06. The van der Waals surface area contributed by atoms with E-state index in [-0.39, 0.29) is 5.54 Å². The van der Waals surface area contributed by atoms with Crippen LogP contribution in [0.3, 0.4) is 0 Å². The van der Waals surface area contributed by atoms with Gasteiger partial charge in [0, 0.05) is 6.42 Å². The van der Waals surface area contributed by atoms with Crippen molar-refractivity contribution in [3.8, 4) is 0 Å². The molecule has 3 rings (SSSR count). The Balaban J connectivity index is 1.83. The summed E-state index contributed by atoms with van der Waals surface area (Å²) in [4.78, 5) is 15.5. The zero-order valence-electron chi connectivity index (χ0n) is 12.2. The summed E-state index contributed by atoms with van der Waals surface area (Å²) in [5.74, 6) is 0.325. The van der Waals surface area contributed by atoms with Gasteiger partial charge in [-0.2, -0.15) is 0 Å². The van der Waals surface area contributed by atoms with Gasteiger partial charge in [-0.1, -0.05) is 48.2 Å². The normalized spacial score (nSPS) is 21.8. The van der Waals surface area contributed by atoms with Crippen molar-refractivity contribution in [2.24, 2.45) is 0 Å². The van der Waals surface area contributed by atoms with Crippen LogP contribution in [0.15, 0.2) is 18.2 Å². The lowest BCUT2D eigenvalue weighted by Crippen LogP contribution is -2.52. The summed E-state index contributed by atoms with van der Waals surface area (Å²) in [6.45, 7) is 2.13. The van der Waals surface area contributed by atoms with Crippen LogP contribution < -0.4 is 0 Å². The average Bonchev–Trinajstić information content (AvgIpc) is 3.14. The first-order valence-corrected chi connectivity index (χ1v) is 8.60. The van der Waals surface area contributed by atoms with Gasteiger partial charge < -0.3 is 0 Å². The lowest BCUT2D eigenvalue weighted by atomic mass is 9.86. The van der Waals surface area contributed by atoms with Gasteiger partial charge in [-0.05, 0) is 50.4 Å². The Morgan fingerprint density at radius 2 is 1.76 bits per heavy atom. The summed E-state index contributed by atoms with van der Waals surface area (Å²) in [7, 11) is 0. The monoisotopic (exact) mass is 325 g/mol. The number of hydrogen-bond donors (Lipinski definition) is 0. The van der Waals surface area contributed by atoms with Crippen LogP contribution in [0.5, 0.6) is 0 Å². The van der Waals surface area contributed by atoms with Crippen LogP contribution >= 0.6 is 23.2 Å². The van der Waals surface area contributed by atoms with Crippen LogP contribution in [0.25, 0.3) is 0 Å². The highest BCUT2D eigenvalue weighted by molar-refractivity contribution is 6.42. The zero-order chi connectivity index (χ0) is 14.9. The van der Waals surface area contributed by atoms with E-state index in [0.717, 1.165) is 44.3 Å². The van der Waals surface area contributed by atoms with Crippen LogP contribution in [0, 0.1) is 0 Å². The van der Waals surface area contributed by atoms with Crippen molar-refractivity contribution >= 4 is 29.0 Å². The summed E-state index contributed by atoms with van der Waals surface area (Å²) >= 11 is 12.3. The van der Waals surface area contributed by atoms with E-state index < -0.39 is 0 Å². The Labute approximate surface area is 136 Å². The molecule has 1 aliphatic carbocycles. The van der Waals surface area contributed by atoms with E-state index >= 15 is 0 Å². The smallest absolute Gasteiger partial charge is 0.157 e. The van der Waals surface area contributed by atoms with E-state index in [1.165, 1.54) is 12.8 Å². The van der Waals surface area contributed by atoms with Gasteiger partial charge in [-0.15, -0.1) is 0 Å². The molecule has 0 aromatic heterocycles. The van der Waals surface area contributed by atoms with Crippen molar-refractivity contribution in [2.45, 2.75) is 50.5 Å². The Morgan fingerprint density at radius 1 is 1.10 bits per heavy atom. The van der Waals surface area contributed by atoms with E-state index in [4.69, 9.17) is 23.2 Å². The Kier molecular flexibility index (Phi) is 4.58. The molecule has 1 aliphatic heterocycles. The number of hydrogen-bond acceptors (Lipinski definition) is 2. The largest absolute Gasteiger partial charge is 0.297 e. The lowest BCUT2D eigenvalue weighted by Gasteiger charge is -2.37. The van der Waals surface area contributed by atoms with Crippen molar-refractivity contribution in [1.29, 1.82) is 0 Å². The number of rotatable bonds is 4. The fourth-order valence-corrected chi connectivity index (χ4v) is 4.29. The molecule has 0 atom stereocenters. The third kappa shape index (κ3) is 2.86. The van der Waals surface area contributed by atoms with Crippen LogP contribution in [-0.4, -0.2) is 29.3 Å². The number of benzene rings is 1. The molecule has 1 aromatic carbocycles. The first kappa shape index (κ1) is 15.3. The molecule has 2 aliphatic rings. The van der Waals surface area contributed by atoms with Gasteiger partial charge in [-0.3, -0.25) is 9.69 Å². The molecule has 0 spiro atoms. The molecule has 0 unspecified atom stereocenters. The molecule has 1 saturated carbocycles. The summed E-state index contributed by atoms with van der Waals surface area (Å²) in [6, 6.07) is 5.55. The zero-order valence-corrected chi connectivity index (χ0v) is 13.7. The molecule has 1 heterocycles. The number of ketones is 1. The molecule has 1 aromatic rings. The van der Waals surface area contributed by atoms with Gasteiger partial charge >= 0.3 is 0 Å². The van der Waals surface area contributed by atoms with Crippen molar-refractivity contribution in [3.05, 3.63) is 33.8 Å². The maximum absolute atomic E-state index is 13.0. The maximum atomic E-state index is 13.0. The van der Waals surface area contributed by atoms with E-state index in [2.05, 4.69) is 4.90 Å². The molecule has 4 heteroatoms. The van der Waals surface area contributed by atoms with Gasteiger partial charge in [0.15, 0.2) is 5.78 Å². The quantitative estimate of drug-likeness (QED) is 0.811. The van der Waals surface area contributed by atoms with Crippen molar-refractivity contribution in [3.63, 3.8) is 0 Å². The predicted molar refractivity (Wildman–Crippen MR) is 87.2 cm³/mol. The molecule has 1 saturated heterocycles. The second-order valence-corrected chi connectivity index (χ2v) is 7.03. The van der Waals surface area contributed by atoms with Gasteiger partial charge in [0.25, 0.3) is 0 Å². The van der Waals surface area contributed by atoms with Gasteiger partial charge in [0.05, 0.1) is 15.6 Å². The number of carbonyl (C=O) groups excluding carboxylic acids is 1. The first-order valence-electron chi connectivity index (χ1n) is 7.85. The Morgan fingerprint density at radius 3 is 2.43 bits per heavy atom. The third-order valence-corrected chi connectivity index (χ3v) is 5.90. The number of nitrogens with zero attached hydrogens (tertiary/aromatic N) is 1. The second-order valence-electron chi connectivity index (χ2n) is 6.25. The molecule has 0 N–H and O–H groups in total. The highest BCUT2D eigenvalue weighted by atomic mass is 35.5.